The Hall–Kier alpha value is -1.16. The molecule has 1 aliphatic carbocycles. The Bertz CT molecular complexity index is 394. The molecule has 0 saturated carbocycles. The van der Waals surface area contributed by atoms with Crippen LogP contribution in [0.4, 0.5) is 0 Å². The summed E-state index contributed by atoms with van der Waals surface area (Å²) in [6.45, 7) is 0. The molecular formula is C11H12O3S. The summed E-state index contributed by atoms with van der Waals surface area (Å²) >= 11 is 1.60. The maximum absolute atomic E-state index is 12.0. The zero-order valence-electron chi connectivity index (χ0n) is 8.23. The third kappa shape index (κ3) is 2.09. The molecule has 1 N–H and O–H groups in total. The number of Topliss-reactive ketones (excluding diaryl/α,β-unsaturated/α-hetero) is 1. The number of thiophene rings is 1. The molecule has 1 aliphatic rings. The number of carboxylic acid groups (broad SMARTS) is 1. The summed E-state index contributed by atoms with van der Waals surface area (Å²) < 4.78 is 0. The van der Waals surface area contributed by atoms with Gasteiger partial charge in [0.2, 0.25) is 0 Å². The molecule has 15 heavy (non-hydrogen) atoms. The molecular weight excluding hydrogens is 212 g/mol. The normalized spacial score (nSPS) is 20.8. The maximum atomic E-state index is 12.0. The Morgan fingerprint density at radius 2 is 2.40 bits per heavy atom. The third-order valence-corrected chi connectivity index (χ3v) is 3.74. The van der Waals surface area contributed by atoms with Crippen LogP contribution in [0.1, 0.15) is 34.5 Å². The van der Waals surface area contributed by atoms with Gasteiger partial charge in [0, 0.05) is 16.4 Å². The van der Waals surface area contributed by atoms with Gasteiger partial charge in [-0.3, -0.25) is 9.59 Å². The molecule has 1 aromatic rings. The van der Waals surface area contributed by atoms with Crippen molar-refractivity contribution in [1.29, 1.82) is 0 Å². The predicted molar refractivity (Wildman–Crippen MR) is 57.3 cm³/mol. The summed E-state index contributed by atoms with van der Waals surface area (Å²) in [6.07, 6.45) is 2.49. The number of hydrogen-bond acceptors (Lipinski definition) is 3. The van der Waals surface area contributed by atoms with E-state index in [2.05, 4.69) is 0 Å². The van der Waals surface area contributed by atoms with Crippen molar-refractivity contribution in [3.8, 4) is 0 Å². The van der Waals surface area contributed by atoms with Crippen LogP contribution in [-0.4, -0.2) is 16.9 Å². The number of aryl methyl sites for hydroxylation is 1. The molecule has 80 valence electrons. The summed E-state index contributed by atoms with van der Waals surface area (Å²) in [5.74, 6) is -1.18. The van der Waals surface area contributed by atoms with Crippen LogP contribution in [0.3, 0.4) is 0 Å². The number of rotatable bonds is 2. The fourth-order valence-corrected chi connectivity index (χ4v) is 2.95. The minimum absolute atomic E-state index is 0.0196. The fourth-order valence-electron chi connectivity index (χ4n) is 2.02. The second-order valence-electron chi connectivity index (χ2n) is 3.81. The average molecular weight is 224 g/mol. The predicted octanol–water partition coefficient (Wildman–Crippen LogP) is 2.36. The van der Waals surface area contributed by atoms with Gasteiger partial charge >= 0.3 is 5.97 Å². The van der Waals surface area contributed by atoms with Crippen molar-refractivity contribution >= 4 is 23.1 Å². The first kappa shape index (κ1) is 10.4. The topological polar surface area (TPSA) is 54.4 Å². The average Bonchev–Trinajstić information content (AvgIpc) is 2.58. The third-order valence-electron chi connectivity index (χ3n) is 2.76. The first-order chi connectivity index (χ1) is 7.18. The highest BCUT2D eigenvalue weighted by Crippen LogP contribution is 2.29. The lowest BCUT2D eigenvalue weighted by molar-refractivity contribution is -0.137. The van der Waals surface area contributed by atoms with Crippen LogP contribution in [0.25, 0.3) is 0 Å². The zero-order chi connectivity index (χ0) is 10.8. The minimum Gasteiger partial charge on any atom is -0.481 e. The van der Waals surface area contributed by atoms with Gasteiger partial charge < -0.3 is 5.11 Å². The Morgan fingerprint density at radius 3 is 3.13 bits per heavy atom. The first-order valence-electron chi connectivity index (χ1n) is 5.01. The van der Waals surface area contributed by atoms with Gasteiger partial charge in [-0.25, -0.2) is 0 Å². The van der Waals surface area contributed by atoms with Crippen molar-refractivity contribution in [2.75, 3.05) is 0 Å². The SMILES string of the molecule is O=C(O)CC1CCCc2sccc2C1=O. The van der Waals surface area contributed by atoms with E-state index in [9.17, 15) is 9.59 Å². The van der Waals surface area contributed by atoms with Crippen LogP contribution in [0.2, 0.25) is 0 Å². The molecule has 3 nitrogen and oxygen atoms in total. The lowest BCUT2D eigenvalue weighted by atomic mass is 9.94. The van der Waals surface area contributed by atoms with E-state index in [0.29, 0.717) is 6.42 Å². The van der Waals surface area contributed by atoms with E-state index in [1.807, 2.05) is 11.4 Å². The van der Waals surface area contributed by atoms with Crippen LogP contribution < -0.4 is 0 Å². The van der Waals surface area contributed by atoms with E-state index in [0.717, 1.165) is 23.3 Å². The van der Waals surface area contributed by atoms with Gasteiger partial charge in [-0.05, 0) is 30.7 Å². The minimum atomic E-state index is -0.882. The summed E-state index contributed by atoms with van der Waals surface area (Å²) in [5, 5.41) is 10.6. The van der Waals surface area contributed by atoms with Crippen LogP contribution in [0, 0.1) is 5.92 Å². The highest BCUT2D eigenvalue weighted by atomic mass is 32.1. The molecule has 2 rings (SSSR count). The molecule has 0 fully saturated rings. The molecule has 1 heterocycles. The highest BCUT2D eigenvalue weighted by molar-refractivity contribution is 7.10. The van der Waals surface area contributed by atoms with E-state index in [1.54, 1.807) is 11.3 Å². The Labute approximate surface area is 91.7 Å². The molecule has 0 radical (unpaired) electrons. The van der Waals surface area contributed by atoms with Crippen LogP contribution in [0.15, 0.2) is 11.4 Å². The van der Waals surface area contributed by atoms with Crippen molar-refractivity contribution in [3.05, 3.63) is 21.9 Å². The molecule has 1 atom stereocenters. The molecule has 0 amide bonds. The van der Waals surface area contributed by atoms with Crippen LogP contribution >= 0.6 is 11.3 Å². The fraction of sp³-hybridized carbons (Fsp3) is 0.455. The smallest absolute Gasteiger partial charge is 0.304 e. The summed E-state index contributed by atoms with van der Waals surface area (Å²) in [4.78, 5) is 23.7. The Kier molecular flexibility index (Phi) is 2.86. The van der Waals surface area contributed by atoms with Gasteiger partial charge in [-0.15, -0.1) is 11.3 Å². The molecule has 1 unspecified atom stereocenters. The number of hydrogen-bond donors (Lipinski definition) is 1. The van der Waals surface area contributed by atoms with Crippen LogP contribution in [0.5, 0.6) is 0 Å². The summed E-state index contributed by atoms with van der Waals surface area (Å²) in [6, 6.07) is 1.82. The van der Waals surface area contributed by atoms with Gasteiger partial charge in [0.15, 0.2) is 5.78 Å². The number of aliphatic carboxylic acids is 1. The van der Waals surface area contributed by atoms with E-state index < -0.39 is 5.97 Å². The lowest BCUT2D eigenvalue weighted by Crippen LogP contribution is -2.17. The highest BCUT2D eigenvalue weighted by Gasteiger charge is 2.27. The number of carboxylic acids is 1. The van der Waals surface area contributed by atoms with Crippen LogP contribution in [-0.2, 0) is 11.2 Å². The number of carbonyl (C=O) groups excluding carboxylic acids is 1. The van der Waals surface area contributed by atoms with Crippen molar-refractivity contribution in [3.63, 3.8) is 0 Å². The monoisotopic (exact) mass is 224 g/mol. The van der Waals surface area contributed by atoms with Crippen molar-refractivity contribution < 1.29 is 14.7 Å². The van der Waals surface area contributed by atoms with Gasteiger partial charge in [-0.2, -0.15) is 0 Å². The summed E-state index contributed by atoms with van der Waals surface area (Å²) in [7, 11) is 0. The van der Waals surface area contributed by atoms with Crippen molar-refractivity contribution in [2.45, 2.75) is 25.7 Å². The number of ketones is 1. The molecule has 0 saturated heterocycles. The molecule has 0 aromatic carbocycles. The molecule has 0 spiro atoms. The van der Waals surface area contributed by atoms with Crippen molar-refractivity contribution in [1.82, 2.24) is 0 Å². The standard InChI is InChI=1S/C11H12O3S/c12-10(13)6-7-2-1-3-9-8(11(7)14)4-5-15-9/h4-5,7H,1-3,6H2,(H,12,13). The van der Waals surface area contributed by atoms with E-state index in [4.69, 9.17) is 5.11 Å². The molecule has 4 heteroatoms. The molecule has 0 bridgehead atoms. The Balaban J connectivity index is 2.24. The molecule has 0 aliphatic heterocycles. The van der Waals surface area contributed by atoms with Gasteiger partial charge in [0.1, 0.15) is 0 Å². The quantitative estimate of drug-likeness (QED) is 0.784. The second kappa shape index (κ2) is 4.14. The van der Waals surface area contributed by atoms with E-state index in [1.165, 1.54) is 0 Å². The zero-order valence-corrected chi connectivity index (χ0v) is 9.05. The first-order valence-corrected chi connectivity index (χ1v) is 5.89. The summed E-state index contributed by atoms with van der Waals surface area (Å²) in [5.41, 5.74) is 0.753. The van der Waals surface area contributed by atoms with Gasteiger partial charge in [0.05, 0.1) is 6.42 Å². The van der Waals surface area contributed by atoms with Crippen molar-refractivity contribution in [2.24, 2.45) is 5.92 Å². The second-order valence-corrected chi connectivity index (χ2v) is 4.81. The van der Waals surface area contributed by atoms with E-state index in [-0.39, 0.29) is 18.1 Å². The van der Waals surface area contributed by atoms with Gasteiger partial charge in [0.25, 0.3) is 0 Å². The largest absolute Gasteiger partial charge is 0.481 e. The molecule has 1 aromatic heterocycles. The van der Waals surface area contributed by atoms with Gasteiger partial charge in [-0.1, -0.05) is 0 Å². The number of fused-ring (bicyclic) bond motifs is 1. The number of carbonyl (C=O) groups is 2. The maximum Gasteiger partial charge on any atom is 0.304 e. The lowest BCUT2D eigenvalue weighted by Gasteiger charge is -2.09. The Morgan fingerprint density at radius 1 is 1.60 bits per heavy atom. The van der Waals surface area contributed by atoms with E-state index >= 15 is 0 Å².